The normalized spacial score (nSPS) is 13.4. The van der Waals surface area contributed by atoms with Gasteiger partial charge in [0.25, 0.3) is 0 Å². The van der Waals surface area contributed by atoms with E-state index < -0.39 is 6.10 Å². The minimum Gasteiger partial charge on any atom is -0.265 e. The van der Waals surface area contributed by atoms with Crippen molar-refractivity contribution in [2.45, 2.75) is 13.0 Å². The highest BCUT2D eigenvalue weighted by Crippen LogP contribution is 2.15. The molecule has 14 heavy (non-hydrogen) atoms. The molecule has 2 rings (SSSR count). The predicted octanol–water partition coefficient (Wildman–Crippen LogP) is 1.33. The molecule has 0 radical (unpaired) electrons. The second-order valence-electron chi connectivity index (χ2n) is 3.00. The van der Waals surface area contributed by atoms with E-state index in [0.717, 1.165) is 5.52 Å². The molecule has 2 heterocycles. The van der Waals surface area contributed by atoms with Crippen LogP contribution in [0, 0.1) is 0 Å². The van der Waals surface area contributed by atoms with Gasteiger partial charge < -0.3 is 0 Å². The molecule has 74 valence electrons. The molecule has 5 nitrogen and oxygen atoms in total. The summed E-state index contributed by atoms with van der Waals surface area (Å²) in [7, 11) is 1.79. The second-order valence-corrected chi connectivity index (χ2v) is 3.00. The van der Waals surface area contributed by atoms with Crippen molar-refractivity contribution in [2.24, 2.45) is 7.05 Å². The van der Waals surface area contributed by atoms with Gasteiger partial charge in [0.1, 0.15) is 11.0 Å². The summed E-state index contributed by atoms with van der Waals surface area (Å²) in [5.74, 6) is 0.313. The van der Waals surface area contributed by atoms with Crippen LogP contribution in [0.5, 0.6) is 0 Å². The summed E-state index contributed by atoms with van der Waals surface area (Å²) < 4.78 is 13.5. The molecule has 0 aliphatic rings. The Labute approximate surface area is 79.4 Å². The van der Waals surface area contributed by atoms with Crippen LogP contribution in [0.3, 0.4) is 0 Å². The van der Waals surface area contributed by atoms with E-state index in [1.54, 1.807) is 24.1 Å². The van der Waals surface area contributed by atoms with Gasteiger partial charge >= 0.3 is 0 Å². The van der Waals surface area contributed by atoms with Gasteiger partial charge in [-0.2, -0.15) is 10.0 Å². The molecular weight excluding hydrogens is 187 g/mol. The van der Waals surface area contributed by atoms with E-state index in [-0.39, 0.29) is 0 Å². The molecule has 0 saturated heterocycles. The highest BCUT2D eigenvalue weighted by molar-refractivity contribution is 5.72. The van der Waals surface area contributed by atoms with Gasteiger partial charge in [-0.05, 0) is 11.4 Å². The molecule has 0 spiro atoms. The third-order valence-electron chi connectivity index (χ3n) is 2.02. The lowest BCUT2D eigenvalue weighted by Crippen LogP contribution is -2.01. The Bertz CT molecular complexity index is 456. The molecule has 0 bridgehead atoms. The maximum Gasteiger partial charge on any atom is 0.161 e. The zero-order valence-electron chi connectivity index (χ0n) is 7.81. The van der Waals surface area contributed by atoms with Gasteiger partial charge in [-0.15, -0.1) is 0 Å². The molecule has 1 atom stereocenters. The van der Waals surface area contributed by atoms with Crippen LogP contribution in [0.2, 0.25) is 0 Å². The fourth-order valence-electron chi connectivity index (χ4n) is 1.19. The molecular formula is C8H9FN4O. The molecule has 2 aromatic heterocycles. The molecule has 0 aliphatic carbocycles. The number of halogens is 1. The lowest BCUT2D eigenvalue weighted by Gasteiger charge is -2.03. The fraction of sp³-hybridized carbons (Fsp3) is 0.375. The van der Waals surface area contributed by atoms with Crippen LogP contribution in [0.1, 0.15) is 18.9 Å². The molecule has 0 saturated carbocycles. The van der Waals surface area contributed by atoms with Gasteiger partial charge in [0.15, 0.2) is 11.9 Å². The number of hydrogen-bond donors (Lipinski definition) is 0. The van der Waals surface area contributed by atoms with E-state index in [2.05, 4.69) is 20.0 Å². The Kier molecular flexibility index (Phi) is 2.12. The maximum absolute atomic E-state index is 11.9. The van der Waals surface area contributed by atoms with Gasteiger partial charge in [-0.25, -0.2) is 9.97 Å². The fourth-order valence-corrected chi connectivity index (χ4v) is 1.19. The predicted molar refractivity (Wildman–Crippen MR) is 46.9 cm³/mol. The van der Waals surface area contributed by atoms with E-state index in [1.807, 2.05) is 0 Å². The Morgan fingerprint density at radius 1 is 1.50 bits per heavy atom. The lowest BCUT2D eigenvalue weighted by atomic mass is 10.3. The lowest BCUT2D eigenvalue weighted by molar-refractivity contribution is -0.177. The van der Waals surface area contributed by atoms with E-state index in [4.69, 9.17) is 0 Å². The zero-order valence-corrected chi connectivity index (χ0v) is 7.81. The maximum atomic E-state index is 11.9. The summed E-state index contributed by atoms with van der Waals surface area (Å²) in [4.78, 5) is 11.7. The smallest absolute Gasteiger partial charge is 0.161 e. The van der Waals surface area contributed by atoms with Gasteiger partial charge in [0, 0.05) is 7.05 Å². The number of aromatic nitrogens is 4. The topological polar surface area (TPSA) is 52.8 Å². The number of fused-ring (bicyclic) bond motifs is 1. The molecule has 2 aromatic rings. The summed E-state index contributed by atoms with van der Waals surface area (Å²) >= 11 is 0. The van der Waals surface area contributed by atoms with Crippen LogP contribution in [-0.2, 0) is 12.0 Å². The van der Waals surface area contributed by atoms with Crippen LogP contribution in [0.25, 0.3) is 11.0 Å². The van der Waals surface area contributed by atoms with Gasteiger partial charge in [0.2, 0.25) is 0 Å². The molecule has 0 aliphatic heterocycles. The monoisotopic (exact) mass is 196 g/mol. The highest BCUT2D eigenvalue weighted by Gasteiger charge is 2.11. The third kappa shape index (κ3) is 1.33. The molecule has 0 fully saturated rings. The van der Waals surface area contributed by atoms with Crippen LogP contribution in [-0.4, -0.2) is 19.7 Å². The highest BCUT2D eigenvalue weighted by atomic mass is 19.3. The molecule has 0 aromatic carbocycles. The first-order chi connectivity index (χ1) is 6.72. The van der Waals surface area contributed by atoms with Crippen LogP contribution < -0.4 is 0 Å². The number of nitrogens with zero attached hydrogens (tertiary/aromatic N) is 4. The molecule has 0 amide bonds. The van der Waals surface area contributed by atoms with E-state index in [1.165, 1.54) is 6.92 Å². The zero-order chi connectivity index (χ0) is 10.1. The van der Waals surface area contributed by atoms with Crippen molar-refractivity contribution in [3.8, 4) is 0 Å². The Hall–Kier alpha value is -1.56. The first kappa shape index (κ1) is 9.01. The number of hydrogen-bond acceptors (Lipinski definition) is 4. The quantitative estimate of drug-likeness (QED) is 0.727. The van der Waals surface area contributed by atoms with E-state index >= 15 is 0 Å². The van der Waals surface area contributed by atoms with Crippen molar-refractivity contribution in [3.05, 3.63) is 18.2 Å². The Morgan fingerprint density at radius 3 is 3.00 bits per heavy atom. The van der Waals surface area contributed by atoms with Crippen molar-refractivity contribution in [1.29, 1.82) is 0 Å². The Morgan fingerprint density at radius 2 is 2.29 bits per heavy atom. The van der Waals surface area contributed by atoms with E-state index in [0.29, 0.717) is 11.3 Å². The molecule has 0 N–H and O–H groups in total. The van der Waals surface area contributed by atoms with Crippen molar-refractivity contribution < 1.29 is 9.47 Å². The third-order valence-corrected chi connectivity index (χ3v) is 2.02. The first-order valence-electron chi connectivity index (χ1n) is 4.14. The van der Waals surface area contributed by atoms with Crippen LogP contribution >= 0.6 is 0 Å². The second kappa shape index (κ2) is 3.30. The summed E-state index contributed by atoms with van der Waals surface area (Å²) in [5, 5.41) is 4.00. The summed E-state index contributed by atoms with van der Waals surface area (Å²) in [6.07, 6.45) is 2.45. The number of rotatable bonds is 2. The SMILES string of the molecule is CC(OF)c1ncc2c(cnn2C)n1. The first-order valence-corrected chi connectivity index (χ1v) is 4.14. The molecule has 6 heteroatoms. The minimum absolute atomic E-state index is 0.313. The average Bonchev–Trinajstić information content (AvgIpc) is 2.59. The van der Waals surface area contributed by atoms with Crippen LogP contribution in [0.15, 0.2) is 12.4 Å². The summed E-state index contributed by atoms with van der Waals surface area (Å²) in [6, 6.07) is 0. The minimum atomic E-state index is -0.750. The van der Waals surface area contributed by atoms with Crippen molar-refractivity contribution >= 4 is 11.0 Å². The average molecular weight is 196 g/mol. The van der Waals surface area contributed by atoms with Crippen molar-refractivity contribution in [1.82, 2.24) is 19.7 Å². The molecule has 1 unspecified atom stereocenters. The number of aryl methyl sites for hydroxylation is 1. The van der Waals surface area contributed by atoms with Crippen molar-refractivity contribution in [2.75, 3.05) is 0 Å². The Balaban J connectivity index is 2.52. The van der Waals surface area contributed by atoms with Gasteiger partial charge in [-0.1, -0.05) is 0 Å². The van der Waals surface area contributed by atoms with Crippen LogP contribution in [0.4, 0.5) is 4.53 Å². The van der Waals surface area contributed by atoms with Crippen molar-refractivity contribution in [3.63, 3.8) is 0 Å². The van der Waals surface area contributed by atoms with Gasteiger partial charge in [0.05, 0.1) is 12.4 Å². The summed E-state index contributed by atoms with van der Waals surface area (Å²) in [6.45, 7) is 1.54. The summed E-state index contributed by atoms with van der Waals surface area (Å²) in [5.41, 5.74) is 1.49. The van der Waals surface area contributed by atoms with E-state index in [9.17, 15) is 4.53 Å². The largest absolute Gasteiger partial charge is 0.265 e. The van der Waals surface area contributed by atoms with Gasteiger partial charge in [-0.3, -0.25) is 4.68 Å². The standard InChI is InChI=1S/C8H9FN4O/c1-5(14-9)8-10-4-7-6(12-8)3-11-13(7)2/h3-5H,1-2H3.